The van der Waals surface area contributed by atoms with E-state index in [-0.39, 0.29) is 29.1 Å². The van der Waals surface area contributed by atoms with Crippen LogP contribution in [0.15, 0.2) is 12.3 Å². The van der Waals surface area contributed by atoms with Gasteiger partial charge < -0.3 is 5.11 Å². The van der Waals surface area contributed by atoms with E-state index >= 15 is 0 Å². The second-order valence-corrected chi connectivity index (χ2v) is 12.4. The number of aromatic nitrogens is 2. The zero-order valence-corrected chi connectivity index (χ0v) is 20.0. The van der Waals surface area contributed by atoms with Crippen LogP contribution >= 0.6 is 0 Å². The summed E-state index contributed by atoms with van der Waals surface area (Å²) in [4.78, 5) is 13.3. The summed E-state index contributed by atoms with van der Waals surface area (Å²) in [5.41, 5.74) is -1.27. The SMILES string of the molecule is C[C@@]1(O)CC[C@@]2(C)C(CC[C@H]3[C@@H]4CC[C@H](C(=O)Cn5ccc(C(F)(F)F)n5)[C@@]4(C)CC[C@@H]32)C1. The molecule has 1 heterocycles. The number of hydrogen-bond donors (Lipinski definition) is 1. The van der Waals surface area contributed by atoms with Crippen LogP contribution in [0.25, 0.3) is 0 Å². The van der Waals surface area contributed by atoms with E-state index in [1.807, 2.05) is 6.92 Å². The molecule has 0 saturated heterocycles. The van der Waals surface area contributed by atoms with Gasteiger partial charge in [-0.1, -0.05) is 13.8 Å². The average Bonchev–Trinajstić information content (AvgIpc) is 3.32. The number of carbonyl (C=O) groups is 1. The lowest BCUT2D eigenvalue weighted by atomic mass is 9.44. The Morgan fingerprint density at radius 1 is 1.06 bits per heavy atom. The highest BCUT2D eigenvalue weighted by molar-refractivity contribution is 5.82. The maximum absolute atomic E-state index is 13.3. The van der Waals surface area contributed by atoms with Crippen molar-refractivity contribution in [1.29, 1.82) is 0 Å². The number of carbonyl (C=O) groups excluding carboxylic acids is 1. The van der Waals surface area contributed by atoms with Gasteiger partial charge in [0.05, 0.1) is 12.1 Å². The molecule has 1 aromatic heterocycles. The first-order valence-electron chi connectivity index (χ1n) is 12.7. The smallest absolute Gasteiger partial charge is 0.390 e. The van der Waals surface area contributed by atoms with E-state index in [0.29, 0.717) is 23.7 Å². The standard InChI is InChI=1S/C26H37F3N2O2/c1-23(33)11-12-24(2)16(14-23)4-5-17-18-6-7-20(25(18,3)10-8-19(17)24)21(32)15-31-13-9-22(30-31)26(27,28)29/h9,13,16-20,33H,4-8,10-12,14-15H2,1-3H3/t16?,17-,18-,19-,20+,23+,24-,25-/m0/s1. The molecule has 4 aliphatic rings. The lowest BCUT2D eigenvalue weighted by Gasteiger charge is -2.61. The fourth-order valence-electron chi connectivity index (χ4n) is 8.83. The Labute approximate surface area is 194 Å². The van der Waals surface area contributed by atoms with Crippen molar-refractivity contribution in [3.8, 4) is 0 Å². The molecule has 0 radical (unpaired) electrons. The molecule has 1 aromatic rings. The Bertz CT molecular complexity index is 925. The number of aliphatic hydroxyl groups is 1. The molecular weight excluding hydrogens is 429 g/mol. The summed E-state index contributed by atoms with van der Waals surface area (Å²) in [7, 11) is 0. The highest BCUT2D eigenvalue weighted by Crippen LogP contribution is 2.68. The van der Waals surface area contributed by atoms with Crippen molar-refractivity contribution in [3.05, 3.63) is 18.0 Å². The first-order chi connectivity index (χ1) is 15.3. The number of nitrogens with zero attached hydrogens (tertiary/aromatic N) is 2. The molecule has 0 aliphatic heterocycles. The molecule has 0 bridgehead atoms. The van der Waals surface area contributed by atoms with Gasteiger partial charge in [-0.15, -0.1) is 0 Å². The van der Waals surface area contributed by atoms with Gasteiger partial charge in [0.15, 0.2) is 11.5 Å². The van der Waals surface area contributed by atoms with Crippen LogP contribution in [0.4, 0.5) is 13.2 Å². The fourth-order valence-corrected chi connectivity index (χ4v) is 8.83. The molecule has 1 unspecified atom stereocenters. The molecule has 33 heavy (non-hydrogen) atoms. The predicted molar refractivity (Wildman–Crippen MR) is 118 cm³/mol. The third kappa shape index (κ3) is 3.77. The lowest BCUT2D eigenvalue weighted by Crippen LogP contribution is -2.55. The molecule has 5 rings (SSSR count). The van der Waals surface area contributed by atoms with Gasteiger partial charge in [0.2, 0.25) is 0 Å². The fraction of sp³-hybridized carbons (Fsp3) is 0.846. The Morgan fingerprint density at radius 3 is 2.48 bits per heavy atom. The summed E-state index contributed by atoms with van der Waals surface area (Å²) < 4.78 is 39.9. The van der Waals surface area contributed by atoms with Gasteiger partial charge in [-0.2, -0.15) is 18.3 Å². The van der Waals surface area contributed by atoms with Gasteiger partial charge in [0, 0.05) is 12.1 Å². The van der Waals surface area contributed by atoms with E-state index in [1.54, 1.807) is 0 Å². The molecule has 184 valence electrons. The number of hydrogen-bond acceptors (Lipinski definition) is 3. The topological polar surface area (TPSA) is 55.1 Å². The van der Waals surface area contributed by atoms with Crippen molar-refractivity contribution in [2.45, 2.75) is 96.9 Å². The molecule has 4 fully saturated rings. The summed E-state index contributed by atoms with van der Waals surface area (Å²) in [5.74, 6) is 2.29. The van der Waals surface area contributed by atoms with Gasteiger partial charge in [0.1, 0.15) is 0 Å². The van der Waals surface area contributed by atoms with Gasteiger partial charge in [0.25, 0.3) is 0 Å². The minimum atomic E-state index is -4.49. The Hall–Kier alpha value is -1.37. The minimum absolute atomic E-state index is 0.0314. The number of rotatable bonds is 3. The molecule has 0 spiro atoms. The molecular formula is C26H37F3N2O2. The lowest BCUT2D eigenvalue weighted by molar-refractivity contribution is -0.151. The second-order valence-electron chi connectivity index (χ2n) is 12.4. The number of alkyl halides is 3. The first-order valence-corrected chi connectivity index (χ1v) is 12.7. The number of ketones is 1. The number of halogens is 3. The van der Waals surface area contributed by atoms with Crippen LogP contribution in [0.1, 0.15) is 84.3 Å². The molecule has 0 amide bonds. The summed E-state index contributed by atoms with van der Waals surface area (Å²) >= 11 is 0. The summed E-state index contributed by atoms with van der Waals surface area (Å²) in [6.07, 6.45) is 5.99. The normalized spacial score (nSPS) is 45.2. The largest absolute Gasteiger partial charge is 0.435 e. The zero-order valence-electron chi connectivity index (χ0n) is 20.0. The van der Waals surface area contributed by atoms with E-state index in [0.717, 1.165) is 62.1 Å². The molecule has 1 N–H and O–H groups in total. The van der Waals surface area contributed by atoms with Crippen molar-refractivity contribution in [2.75, 3.05) is 0 Å². The van der Waals surface area contributed by atoms with Crippen LogP contribution < -0.4 is 0 Å². The van der Waals surface area contributed by atoms with Gasteiger partial charge in [-0.25, -0.2) is 0 Å². The van der Waals surface area contributed by atoms with Crippen molar-refractivity contribution in [1.82, 2.24) is 9.78 Å². The summed E-state index contributed by atoms with van der Waals surface area (Å²) in [5, 5.41) is 14.3. The Morgan fingerprint density at radius 2 is 1.79 bits per heavy atom. The predicted octanol–water partition coefficient (Wildman–Crippen LogP) is 5.88. The molecule has 7 heteroatoms. The van der Waals surface area contributed by atoms with Crippen LogP contribution in [0.3, 0.4) is 0 Å². The van der Waals surface area contributed by atoms with E-state index in [1.165, 1.54) is 12.6 Å². The molecule has 0 aromatic carbocycles. The molecule has 4 aliphatic carbocycles. The molecule has 4 saturated carbocycles. The van der Waals surface area contributed by atoms with Crippen molar-refractivity contribution >= 4 is 5.78 Å². The van der Waals surface area contributed by atoms with E-state index in [4.69, 9.17) is 0 Å². The van der Waals surface area contributed by atoms with Crippen LogP contribution in [0.5, 0.6) is 0 Å². The van der Waals surface area contributed by atoms with Gasteiger partial charge in [-0.3, -0.25) is 9.48 Å². The average molecular weight is 467 g/mol. The third-order valence-electron chi connectivity index (χ3n) is 10.6. The van der Waals surface area contributed by atoms with Crippen LogP contribution in [0, 0.1) is 40.4 Å². The van der Waals surface area contributed by atoms with Crippen LogP contribution in [0.2, 0.25) is 0 Å². The number of Topliss-reactive ketones (excluding diaryl/α,β-unsaturated/α-hetero) is 1. The van der Waals surface area contributed by atoms with E-state index < -0.39 is 17.5 Å². The van der Waals surface area contributed by atoms with Gasteiger partial charge >= 0.3 is 6.18 Å². The quantitative estimate of drug-likeness (QED) is 0.605. The van der Waals surface area contributed by atoms with E-state index in [2.05, 4.69) is 18.9 Å². The summed E-state index contributed by atoms with van der Waals surface area (Å²) in [6.45, 7) is 6.64. The monoisotopic (exact) mass is 466 g/mol. The minimum Gasteiger partial charge on any atom is -0.390 e. The van der Waals surface area contributed by atoms with Crippen molar-refractivity contribution in [2.24, 2.45) is 40.4 Å². The summed E-state index contributed by atoms with van der Waals surface area (Å²) in [6, 6.07) is 0.943. The number of fused-ring (bicyclic) bond motifs is 5. The Balaban J connectivity index is 1.31. The van der Waals surface area contributed by atoms with Crippen molar-refractivity contribution < 1.29 is 23.1 Å². The van der Waals surface area contributed by atoms with Gasteiger partial charge in [-0.05, 0) is 105 Å². The maximum atomic E-state index is 13.3. The third-order valence-corrected chi connectivity index (χ3v) is 10.6. The van der Waals surface area contributed by atoms with E-state index in [9.17, 15) is 23.1 Å². The van der Waals surface area contributed by atoms with Crippen molar-refractivity contribution in [3.63, 3.8) is 0 Å². The first kappa shape index (κ1) is 23.4. The highest BCUT2D eigenvalue weighted by atomic mass is 19.4. The highest BCUT2D eigenvalue weighted by Gasteiger charge is 2.61. The molecule has 4 nitrogen and oxygen atoms in total. The zero-order chi connectivity index (χ0) is 23.8. The van der Waals surface area contributed by atoms with Crippen LogP contribution in [-0.2, 0) is 17.5 Å². The Kier molecular flexibility index (Phi) is 5.36. The van der Waals surface area contributed by atoms with Crippen LogP contribution in [-0.4, -0.2) is 26.3 Å². The second kappa shape index (κ2) is 7.56. The maximum Gasteiger partial charge on any atom is 0.435 e. The molecule has 8 atom stereocenters.